The van der Waals surface area contributed by atoms with Gasteiger partial charge in [0.1, 0.15) is 5.75 Å². The van der Waals surface area contributed by atoms with Crippen molar-refractivity contribution >= 4 is 15.9 Å². The molecule has 0 amide bonds. The first-order valence-corrected chi connectivity index (χ1v) is 8.15. The lowest BCUT2D eigenvalue weighted by Crippen LogP contribution is -2.23. The molecule has 2 atom stereocenters. The molecule has 2 aromatic carbocycles. The number of benzene rings is 2. The molecule has 1 aliphatic carbocycles. The molecule has 0 saturated carbocycles. The van der Waals surface area contributed by atoms with Crippen molar-refractivity contribution < 1.29 is 4.74 Å². The largest absolute Gasteiger partial charge is 0.497 e. The predicted octanol–water partition coefficient (Wildman–Crippen LogP) is 4.80. The van der Waals surface area contributed by atoms with E-state index in [1.54, 1.807) is 7.11 Å². The Balaban J connectivity index is 1.77. The van der Waals surface area contributed by atoms with Crippen LogP contribution in [0.5, 0.6) is 5.75 Å². The molecule has 3 heteroatoms. The number of halogens is 1. The normalized spacial score (nSPS) is 18.3. The summed E-state index contributed by atoms with van der Waals surface area (Å²) in [4.78, 5) is 0. The average Bonchev–Trinajstić information content (AvgIpc) is 2.92. The molecular weight excluding hydrogens is 326 g/mol. The molecule has 1 N–H and O–H groups in total. The van der Waals surface area contributed by atoms with Crippen LogP contribution in [0.25, 0.3) is 0 Å². The molecule has 0 aromatic heterocycles. The maximum absolute atomic E-state index is 5.31. The van der Waals surface area contributed by atoms with Gasteiger partial charge in [-0.3, -0.25) is 0 Å². The first-order chi connectivity index (χ1) is 10.2. The predicted molar refractivity (Wildman–Crippen MR) is 89.7 cm³/mol. The summed E-state index contributed by atoms with van der Waals surface area (Å²) in [5.41, 5.74) is 4.14. The van der Waals surface area contributed by atoms with Gasteiger partial charge in [-0.15, -0.1) is 0 Å². The van der Waals surface area contributed by atoms with E-state index in [9.17, 15) is 0 Å². The maximum atomic E-state index is 5.31. The summed E-state index contributed by atoms with van der Waals surface area (Å²) in [5.74, 6) is 0.913. The second kappa shape index (κ2) is 6.20. The highest BCUT2D eigenvalue weighted by atomic mass is 79.9. The molecule has 0 saturated heterocycles. The van der Waals surface area contributed by atoms with Crippen LogP contribution in [0, 0.1) is 0 Å². The summed E-state index contributed by atoms with van der Waals surface area (Å²) in [6.45, 7) is 2.21. The van der Waals surface area contributed by atoms with Gasteiger partial charge in [-0.2, -0.15) is 0 Å². The van der Waals surface area contributed by atoms with Crippen LogP contribution >= 0.6 is 15.9 Å². The van der Waals surface area contributed by atoms with E-state index in [1.807, 2.05) is 12.1 Å². The number of hydrogen-bond acceptors (Lipinski definition) is 2. The summed E-state index contributed by atoms with van der Waals surface area (Å²) in [5, 5.41) is 3.75. The lowest BCUT2D eigenvalue weighted by atomic mass is 10.0. The number of rotatable bonds is 4. The molecule has 1 aliphatic rings. The number of ether oxygens (including phenoxy) is 1. The lowest BCUT2D eigenvalue weighted by molar-refractivity contribution is 0.411. The van der Waals surface area contributed by atoms with E-state index in [1.165, 1.54) is 21.2 Å². The van der Waals surface area contributed by atoms with Gasteiger partial charge in [0.25, 0.3) is 0 Å². The van der Waals surface area contributed by atoms with Gasteiger partial charge in [0.15, 0.2) is 0 Å². The fraction of sp³-hybridized carbons (Fsp3) is 0.333. The van der Waals surface area contributed by atoms with Crippen LogP contribution in [0.3, 0.4) is 0 Å². The van der Waals surface area contributed by atoms with E-state index in [4.69, 9.17) is 4.74 Å². The third-order valence-electron chi connectivity index (χ3n) is 4.26. The van der Waals surface area contributed by atoms with Crippen molar-refractivity contribution in [3.8, 4) is 5.75 Å². The molecule has 3 rings (SSSR count). The molecular formula is C18H20BrNO. The van der Waals surface area contributed by atoms with Crippen LogP contribution in [-0.2, 0) is 6.42 Å². The Morgan fingerprint density at radius 2 is 2.05 bits per heavy atom. The standard InChI is InChI=1S/C18H20BrNO/c1-12(13-5-3-6-14(11-13)21-2)20-18-10-9-15-16(18)7-4-8-17(15)19/h3-8,11-12,18,20H,9-10H2,1-2H3. The lowest BCUT2D eigenvalue weighted by Gasteiger charge is -2.21. The van der Waals surface area contributed by atoms with Gasteiger partial charge in [0.2, 0.25) is 0 Å². The molecule has 0 fully saturated rings. The zero-order valence-electron chi connectivity index (χ0n) is 12.4. The fourth-order valence-corrected chi connectivity index (χ4v) is 3.67. The Bertz CT molecular complexity index is 641. The SMILES string of the molecule is COc1cccc(C(C)NC2CCc3c(Br)cccc32)c1. The van der Waals surface area contributed by atoms with Gasteiger partial charge in [0, 0.05) is 16.6 Å². The summed E-state index contributed by atoms with van der Waals surface area (Å²) in [7, 11) is 1.71. The minimum atomic E-state index is 0.301. The zero-order chi connectivity index (χ0) is 14.8. The first kappa shape index (κ1) is 14.6. The molecule has 2 aromatic rings. The van der Waals surface area contributed by atoms with E-state index in [0.717, 1.165) is 18.6 Å². The molecule has 2 nitrogen and oxygen atoms in total. The van der Waals surface area contributed by atoms with Crippen LogP contribution in [-0.4, -0.2) is 7.11 Å². The van der Waals surface area contributed by atoms with Crippen molar-refractivity contribution in [2.45, 2.75) is 31.8 Å². The number of nitrogens with one attached hydrogen (secondary N) is 1. The molecule has 0 radical (unpaired) electrons. The summed E-state index contributed by atoms with van der Waals surface area (Å²) < 4.78 is 6.55. The molecule has 0 aliphatic heterocycles. The molecule has 21 heavy (non-hydrogen) atoms. The number of fused-ring (bicyclic) bond motifs is 1. The maximum Gasteiger partial charge on any atom is 0.119 e. The summed E-state index contributed by atoms with van der Waals surface area (Å²) in [6.07, 6.45) is 2.30. The van der Waals surface area contributed by atoms with Crippen molar-refractivity contribution in [2.75, 3.05) is 7.11 Å². The average molecular weight is 346 g/mol. The van der Waals surface area contributed by atoms with E-state index < -0.39 is 0 Å². The van der Waals surface area contributed by atoms with Crippen LogP contribution in [0.1, 0.15) is 42.1 Å². The smallest absolute Gasteiger partial charge is 0.119 e. The Labute approximate surface area is 134 Å². The van der Waals surface area contributed by atoms with Gasteiger partial charge in [-0.05, 0) is 54.7 Å². The Kier molecular flexibility index (Phi) is 4.32. The molecule has 2 unspecified atom stereocenters. The summed E-state index contributed by atoms with van der Waals surface area (Å²) >= 11 is 3.66. The van der Waals surface area contributed by atoms with Crippen LogP contribution < -0.4 is 10.1 Å². The zero-order valence-corrected chi connectivity index (χ0v) is 14.0. The third kappa shape index (κ3) is 2.99. The van der Waals surface area contributed by atoms with Gasteiger partial charge >= 0.3 is 0 Å². The minimum Gasteiger partial charge on any atom is -0.497 e. The van der Waals surface area contributed by atoms with Crippen LogP contribution in [0.4, 0.5) is 0 Å². The van der Waals surface area contributed by atoms with Gasteiger partial charge in [-0.1, -0.05) is 40.2 Å². The minimum absolute atomic E-state index is 0.301. The summed E-state index contributed by atoms with van der Waals surface area (Å²) in [6, 6.07) is 15.5. The van der Waals surface area contributed by atoms with Crippen LogP contribution in [0.2, 0.25) is 0 Å². The highest BCUT2D eigenvalue weighted by molar-refractivity contribution is 9.10. The van der Waals surface area contributed by atoms with Gasteiger partial charge in [0.05, 0.1) is 7.11 Å². The van der Waals surface area contributed by atoms with E-state index in [0.29, 0.717) is 12.1 Å². The van der Waals surface area contributed by atoms with Gasteiger partial charge < -0.3 is 10.1 Å². The van der Waals surface area contributed by atoms with E-state index in [-0.39, 0.29) is 0 Å². The Morgan fingerprint density at radius 3 is 2.86 bits per heavy atom. The molecule has 110 valence electrons. The second-order valence-electron chi connectivity index (χ2n) is 5.56. The van der Waals surface area contributed by atoms with E-state index in [2.05, 4.69) is 58.5 Å². The third-order valence-corrected chi connectivity index (χ3v) is 5.00. The Hall–Kier alpha value is -1.32. The number of methoxy groups -OCH3 is 1. The van der Waals surface area contributed by atoms with Crippen LogP contribution in [0.15, 0.2) is 46.9 Å². The number of hydrogen-bond donors (Lipinski definition) is 1. The fourth-order valence-electron chi connectivity index (χ4n) is 3.09. The quantitative estimate of drug-likeness (QED) is 0.859. The Morgan fingerprint density at radius 1 is 1.24 bits per heavy atom. The highest BCUT2D eigenvalue weighted by Gasteiger charge is 2.25. The van der Waals surface area contributed by atoms with Crippen molar-refractivity contribution in [3.63, 3.8) is 0 Å². The second-order valence-corrected chi connectivity index (χ2v) is 6.42. The van der Waals surface area contributed by atoms with Crippen molar-refractivity contribution in [2.24, 2.45) is 0 Å². The first-order valence-electron chi connectivity index (χ1n) is 7.36. The van der Waals surface area contributed by atoms with Crippen molar-refractivity contribution in [3.05, 3.63) is 63.6 Å². The monoisotopic (exact) mass is 345 g/mol. The van der Waals surface area contributed by atoms with E-state index >= 15 is 0 Å². The highest BCUT2D eigenvalue weighted by Crippen LogP contribution is 2.37. The van der Waals surface area contributed by atoms with Gasteiger partial charge in [-0.25, -0.2) is 0 Å². The van der Waals surface area contributed by atoms with Crippen molar-refractivity contribution in [1.82, 2.24) is 5.32 Å². The van der Waals surface area contributed by atoms with Crippen molar-refractivity contribution in [1.29, 1.82) is 0 Å². The molecule has 0 spiro atoms. The molecule has 0 bridgehead atoms. The topological polar surface area (TPSA) is 21.3 Å². The molecule has 0 heterocycles.